The zero-order chi connectivity index (χ0) is 34.3. The Bertz CT molecular complexity index is 1600. The fourth-order valence-electron chi connectivity index (χ4n) is 5.00. The van der Waals surface area contributed by atoms with Crippen LogP contribution in [-0.4, -0.2) is 106 Å². The highest BCUT2D eigenvalue weighted by atomic mass is 17.1. The highest BCUT2D eigenvalue weighted by Crippen LogP contribution is 2.33. The molecule has 0 fully saturated rings. The maximum Gasteiger partial charge on any atom is 0.306 e. The number of hydrogen-bond donors (Lipinski definition) is 5. The summed E-state index contributed by atoms with van der Waals surface area (Å²) >= 11 is 0. The molecular weight excluding hydrogens is 632 g/mol. The van der Waals surface area contributed by atoms with Gasteiger partial charge in [-0.2, -0.15) is 0 Å². The smallest absolute Gasteiger partial charge is 0.306 e. The molecule has 48 heavy (non-hydrogen) atoms. The predicted octanol–water partition coefficient (Wildman–Crippen LogP) is 4.11. The van der Waals surface area contributed by atoms with Crippen molar-refractivity contribution >= 4 is 33.7 Å². The number of hydrogen-bond acceptors (Lipinski definition) is 14. The molecule has 0 aliphatic carbocycles. The summed E-state index contributed by atoms with van der Waals surface area (Å²) in [7, 11) is 1.52. The van der Waals surface area contributed by atoms with E-state index >= 15 is 0 Å². The van der Waals surface area contributed by atoms with Crippen molar-refractivity contribution in [1.82, 2.24) is 20.7 Å². The highest BCUT2D eigenvalue weighted by molar-refractivity contribution is 6.10. The van der Waals surface area contributed by atoms with Crippen LogP contribution in [0.5, 0.6) is 17.2 Å². The number of carbonyl (C=O) groups is 2. The van der Waals surface area contributed by atoms with Crippen LogP contribution in [-0.2, 0) is 24.0 Å². The second kappa shape index (κ2) is 18.7. The summed E-state index contributed by atoms with van der Waals surface area (Å²) in [5.41, 5.74) is 1.79. The summed E-state index contributed by atoms with van der Waals surface area (Å²) in [5.74, 6) is 0.612. The molecule has 1 amide bonds. The Morgan fingerprint density at radius 3 is 2.12 bits per heavy atom. The number of benzene rings is 3. The molecule has 16 heteroatoms. The zero-order valence-electron chi connectivity index (χ0n) is 26.4. The molecule has 0 saturated carbocycles. The highest BCUT2D eigenvalue weighted by Gasteiger charge is 2.24. The van der Waals surface area contributed by atoms with Crippen molar-refractivity contribution in [3.8, 4) is 17.2 Å². The van der Waals surface area contributed by atoms with Gasteiger partial charge in [-0.25, -0.2) is 0 Å². The van der Waals surface area contributed by atoms with Crippen molar-refractivity contribution in [1.29, 1.82) is 0 Å². The monoisotopic (exact) mass is 672 g/mol. The minimum absolute atomic E-state index is 0.0190. The van der Waals surface area contributed by atoms with E-state index in [2.05, 4.69) is 14.7 Å². The number of nitrogens with zero attached hydrogens (tertiary/aromatic N) is 3. The molecular formula is C32H40N4O12. The van der Waals surface area contributed by atoms with E-state index in [1.165, 1.54) is 12.0 Å². The van der Waals surface area contributed by atoms with E-state index in [9.17, 15) is 9.59 Å². The molecule has 260 valence electrons. The predicted molar refractivity (Wildman–Crippen MR) is 167 cm³/mol. The number of nitrogens with one attached hydrogen (secondary N) is 1. The van der Waals surface area contributed by atoms with Crippen LogP contribution in [0.4, 0.5) is 0 Å². The number of methoxy groups -OCH3 is 1. The van der Waals surface area contributed by atoms with Crippen LogP contribution in [0.15, 0.2) is 66.7 Å². The van der Waals surface area contributed by atoms with Crippen molar-refractivity contribution in [2.45, 2.75) is 31.8 Å². The third-order valence-corrected chi connectivity index (χ3v) is 7.15. The molecule has 4 rings (SSSR count). The first-order valence-electron chi connectivity index (χ1n) is 15.2. The number of carbonyl (C=O) groups excluding carboxylic acids is 2. The average Bonchev–Trinajstić information content (AvgIpc) is 3.46. The summed E-state index contributed by atoms with van der Waals surface area (Å²) in [5, 5.41) is 36.0. The molecule has 1 unspecified atom stereocenters. The van der Waals surface area contributed by atoms with Crippen molar-refractivity contribution in [3.63, 3.8) is 0 Å². The van der Waals surface area contributed by atoms with Crippen LogP contribution in [0, 0.1) is 0 Å². The van der Waals surface area contributed by atoms with E-state index < -0.39 is 22.9 Å². The van der Waals surface area contributed by atoms with Crippen LogP contribution in [0.1, 0.15) is 25.7 Å². The van der Waals surface area contributed by atoms with Gasteiger partial charge in [0.1, 0.15) is 19.0 Å². The Morgan fingerprint density at radius 1 is 0.750 bits per heavy atom. The number of aromatic amines is 1. The van der Waals surface area contributed by atoms with Gasteiger partial charge < -0.3 is 28.8 Å². The van der Waals surface area contributed by atoms with Crippen molar-refractivity contribution in [2.24, 2.45) is 0 Å². The minimum atomic E-state index is -0.928. The van der Waals surface area contributed by atoms with Crippen LogP contribution < -0.4 is 14.2 Å². The number of esters is 1. The first kappa shape index (κ1) is 36.3. The van der Waals surface area contributed by atoms with Gasteiger partial charge in [0.25, 0.3) is 0 Å². The number of H-pyrrole nitrogens is 1. The Labute approximate surface area is 275 Å². The number of aromatic nitrogens is 1. The van der Waals surface area contributed by atoms with E-state index in [1.54, 1.807) is 24.3 Å². The normalized spacial score (nSPS) is 12.1. The molecule has 1 aromatic heterocycles. The summed E-state index contributed by atoms with van der Waals surface area (Å²) in [6, 6.07) is 20.4. The van der Waals surface area contributed by atoms with Gasteiger partial charge in [-0.15, -0.1) is 0 Å². The molecule has 5 N–H and O–H groups in total. The fraction of sp³-hybridized carbons (Fsp3) is 0.375. The lowest BCUT2D eigenvalue weighted by atomic mass is 10.1. The van der Waals surface area contributed by atoms with Crippen LogP contribution in [0.25, 0.3) is 21.8 Å². The molecule has 0 aliphatic heterocycles. The van der Waals surface area contributed by atoms with Crippen molar-refractivity contribution in [2.75, 3.05) is 46.6 Å². The summed E-state index contributed by atoms with van der Waals surface area (Å²) < 4.78 is 23.3. The van der Waals surface area contributed by atoms with Crippen LogP contribution in [0.2, 0.25) is 0 Å². The van der Waals surface area contributed by atoms with E-state index in [1.807, 2.05) is 42.5 Å². The van der Waals surface area contributed by atoms with Crippen LogP contribution in [0.3, 0.4) is 0 Å². The van der Waals surface area contributed by atoms with Gasteiger partial charge in [-0.1, -0.05) is 36.4 Å². The van der Waals surface area contributed by atoms with Crippen LogP contribution >= 0.6 is 0 Å². The summed E-state index contributed by atoms with van der Waals surface area (Å²) in [6.45, 7) is -0.275. The average molecular weight is 673 g/mol. The lowest BCUT2D eigenvalue weighted by Gasteiger charge is -2.28. The van der Waals surface area contributed by atoms with Crippen molar-refractivity contribution in [3.05, 3.63) is 66.7 Å². The Hall–Kier alpha value is -4.52. The summed E-state index contributed by atoms with van der Waals surface area (Å²) in [6.07, 6.45) is -0.766. The minimum Gasteiger partial charge on any atom is -0.493 e. The molecule has 0 radical (unpaired) electrons. The topological polar surface area (TPSA) is 196 Å². The first-order valence-corrected chi connectivity index (χ1v) is 15.2. The third-order valence-electron chi connectivity index (χ3n) is 7.15. The van der Waals surface area contributed by atoms with Gasteiger partial charge in [-0.3, -0.25) is 40.1 Å². The van der Waals surface area contributed by atoms with Gasteiger partial charge in [-0.05, 0) is 43.2 Å². The Kier molecular flexibility index (Phi) is 14.2. The largest absolute Gasteiger partial charge is 0.493 e. The number of fused-ring (bicyclic) bond motifs is 3. The molecule has 1 atom stereocenters. The third kappa shape index (κ3) is 11.0. The van der Waals surface area contributed by atoms with Gasteiger partial charge in [0.15, 0.2) is 17.6 Å². The van der Waals surface area contributed by atoms with Gasteiger partial charge in [0.05, 0.1) is 49.7 Å². The molecule has 4 aromatic rings. The quantitative estimate of drug-likeness (QED) is 0.0482. The SMILES string of the molecule is COc1ccccc1OCCN(CC(COc1cccc2[nH]c3ccccc3c12)OC(=O)CCCON(O)O)C(=O)CCCON(O)O. The second-order valence-electron chi connectivity index (χ2n) is 10.5. The van der Waals surface area contributed by atoms with Crippen molar-refractivity contribution < 1.29 is 59.0 Å². The fourth-order valence-corrected chi connectivity index (χ4v) is 5.00. The maximum atomic E-state index is 13.4. The number of ether oxygens (including phenoxy) is 4. The number of amides is 1. The summed E-state index contributed by atoms with van der Waals surface area (Å²) in [4.78, 5) is 40.2. The number of para-hydroxylation sites is 3. The molecule has 16 nitrogen and oxygen atoms in total. The van der Waals surface area contributed by atoms with E-state index in [0.717, 1.165) is 21.8 Å². The Morgan fingerprint density at radius 2 is 1.40 bits per heavy atom. The molecule has 3 aromatic carbocycles. The van der Waals surface area contributed by atoms with Gasteiger partial charge >= 0.3 is 5.97 Å². The Balaban J connectivity index is 1.51. The number of rotatable bonds is 21. The molecule has 0 aliphatic rings. The molecule has 0 bridgehead atoms. The van der Waals surface area contributed by atoms with E-state index in [4.69, 9.17) is 39.8 Å². The van der Waals surface area contributed by atoms with Gasteiger partial charge in [0.2, 0.25) is 5.91 Å². The molecule has 0 spiro atoms. The lowest BCUT2D eigenvalue weighted by Crippen LogP contribution is -2.43. The second-order valence-corrected chi connectivity index (χ2v) is 10.5. The molecule has 0 saturated heterocycles. The lowest BCUT2D eigenvalue weighted by molar-refractivity contribution is -0.492. The maximum absolute atomic E-state index is 13.4. The first-order chi connectivity index (χ1) is 23.2. The molecule has 1 heterocycles. The van der Waals surface area contributed by atoms with E-state index in [-0.39, 0.29) is 71.1 Å². The standard InChI is InChI=1S/C32H40N4O12/c1-43-27-12-4-5-13-28(27)44-20-17-34(30(37)15-7-18-46-35(39)40)21-23(48-31(38)16-8-19-47-36(41)42)22-45-29-14-6-11-26-32(29)24-9-2-3-10-25(24)33-26/h2-6,9-14,23,33,39-42H,7-8,15-22H2,1H3. The van der Waals surface area contributed by atoms with E-state index in [0.29, 0.717) is 17.2 Å². The van der Waals surface area contributed by atoms with Gasteiger partial charge in [0, 0.05) is 29.1 Å². The zero-order valence-corrected chi connectivity index (χ0v) is 26.4.